The number of aliphatic imine (C=N–C) groups is 1. The second-order valence-corrected chi connectivity index (χ2v) is 8.27. The van der Waals surface area contributed by atoms with E-state index >= 15 is 0 Å². The number of ether oxygens (including phenoxy) is 1. The van der Waals surface area contributed by atoms with Crippen molar-refractivity contribution in [1.29, 1.82) is 0 Å². The molecule has 0 amide bonds. The summed E-state index contributed by atoms with van der Waals surface area (Å²) in [5.74, 6) is 3.51. The van der Waals surface area contributed by atoms with Crippen LogP contribution in [0.15, 0.2) is 58.4 Å². The van der Waals surface area contributed by atoms with E-state index in [1.54, 1.807) is 13.2 Å². The van der Waals surface area contributed by atoms with E-state index in [-0.39, 0.29) is 5.75 Å². The summed E-state index contributed by atoms with van der Waals surface area (Å²) in [6.07, 6.45) is 1.87. The quantitative estimate of drug-likeness (QED) is 0.389. The van der Waals surface area contributed by atoms with Gasteiger partial charge in [-0.2, -0.15) is 0 Å². The summed E-state index contributed by atoms with van der Waals surface area (Å²) in [6, 6.07) is 16.2. The van der Waals surface area contributed by atoms with Crippen molar-refractivity contribution in [2.75, 3.05) is 39.0 Å². The lowest BCUT2D eigenvalue weighted by atomic mass is 10.1. The zero-order valence-electron chi connectivity index (χ0n) is 17.3. The molecule has 0 aromatic heterocycles. The number of benzene rings is 2. The van der Waals surface area contributed by atoms with E-state index in [4.69, 9.17) is 9.73 Å². The molecule has 3 rings (SSSR count). The van der Waals surface area contributed by atoms with Gasteiger partial charge in [0.2, 0.25) is 0 Å². The van der Waals surface area contributed by atoms with Crippen LogP contribution in [-0.2, 0) is 6.42 Å². The van der Waals surface area contributed by atoms with Crippen LogP contribution in [0.5, 0.6) is 11.5 Å². The van der Waals surface area contributed by atoms with Gasteiger partial charge >= 0.3 is 0 Å². The molecule has 2 N–H and O–H groups in total. The van der Waals surface area contributed by atoms with Crippen molar-refractivity contribution in [2.24, 2.45) is 10.9 Å². The minimum absolute atomic E-state index is 0.217. The number of nitrogens with zero attached hydrogens (tertiary/aromatic N) is 2. The number of rotatable bonds is 8. The third-order valence-electron chi connectivity index (χ3n) is 5.09. The summed E-state index contributed by atoms with van der Waals surface area (Å²) in [6.45, 7) is 5.65. The molecule has 0 spiro atoms. The summed E-state index contributed by atoms with van der Waals surface area (Å²) < 4.78 is 5.19. The van der Waals surface area contributed by atoms with Crippen LogP contribution in [0.25, 0.3) is 0 Å². The van der Waals surface area contributed by atoms with Gasteiger partial charge in [0, 0.05) is 36.8 Å². The minimum atomic E-state index is 0.217. The first-order chi connectivity index (χ1) is 14.2. The fraction of sp³-hybridized carbons (Fsp3) is 0.435. The van der Waals surface area contributed by atoms with Crippen LogP contribution < -0.4 is 10.1 Å². The molecule has 1 fully saturated rings. The maximum Gasteiger partial charge on any atom is 0.193 e. The Morgan fingerprint density at radius 3 is 2.83 bits per heavy atom. The molecule has 6 heteroatoms. The lowest BCUT2D eigenvalue weighted by Gasteiger charge is -2.21. The highest BCUT2D eigenvalue weighted by Crippen LogP contribution is 2.29. The maximum absolute atomic E-state index is 10.3. The molecule has 0 aliphatic carbocycles. The number of guanidine groups is 1. The largest absolute Gasteiger partial charge is 0.504 e. The standard InChI is InChI=1S/C23H31N3O2S/c1-3-24-23(25-14-12-19-8-7-11-21(28-2)22(19)27)26-15-13-18(16-26)17-29-20-9-5-4-6-10-20/h4-11,18,27H,3,12-17H2,1-2H3,(H,24,25). The van der Waals surface area contributed by atoms with Crippen molar-refractivity contribution in [2.45, 2.75) is 24.7 Å². The minimum Gasteiger partial charge on any atom is -0.504 e. The van der Waals surface area contributed by atoms with Gasteiger partial charge in [0.15, 0.2) is 17.5 Å². The van der Waals surface area contributed by atoms with Crippen molar-refractivity contribution in [3.05, 3.63) is 54.1 Å². The van der Waals surface area contributed by atoms with E-state index in [1.807, 2.05) is 23.9 Å². The van der Waals surface area contributed by atoms with Gasteiger partial charge in [0.1, 0.15) is 0 Å². The monoisotopic (exact) mass is 413 g/mol. The highest BCUT2D eigenvalue weighted by atomic mass is 32.2. The lowest BCUT2D eigenvalue weighted by Crippen LogP contribution is -2.40. The molecule has 0 radical (unpaired) electrons. The van der Waals surface area contributed by atoms with E-state index in [0.717, 1.165) is 36.9 Å². The van der Waals surface area contributed by atoms with Crippen molar-refractivity contribution in [1.82, 2.24) is 10.2 Å². The molecule has 1 unspecified atom stereocenters. The first-order valence-corrected chi connectivity index (χ1v) is 11.3. The molecule has 29 heavy (non-hydrogen) atoms. The molecular weight excluding hydrogens is 382 g/mol. The average molecular weight is 414 g/mol. The normalized spacial score (nSPS) is 16.8. The van der Waals surface area contributed by atoms with Crippen molar-refractivity contribution >= 4 is 17.7 Å². The molecule has 0 bridgehead atoms. The Morgan fingerprint density at radius 1 is 1.24 bits per heavy atom. The van der Waals surface area contributed by atoms with Gasteiger partial charge in [0.25, 0.3) is 0 Å². The van der Waals surface area contributed by atoms with Crippen LogP contribution in [0, 0.1) is 5.92 Å². The summed E-state index contributed by atoms with van der Waals surface area (Å²) in [4.78, 5) is 8.52. The number of aromatic hydroxyl groups is 1. The fourth-order valence-corrected chi connectivity index (χ4v) is 4.58. The topological polar surface area (TPSA) is 57.1 Å². The Labute approximate surface area is 178 Å². The van der Waals surface area contributed by atoms with Crippen LogP contribution >= 0.6 is 11.8 Å². The van der Waals surface area contributed by atoms with Crippen LogP contribution in [-0.4, -0.2) is 55.0 Å². The SMILES string of the molecule is CCNC(=NCCc1cccc(OC)c1O)N1CCC(CSc2ccccc2)C1. The Kier molecular flexibility index (Phi) is 8.11. The first-order valence-electron chi connectivity index (χ1n) is 10.3. The number of para-hydroxylation sites is 1. The fourth-order valence-electron chi connectivity index (χ4n) is 3.53. The Hall–Kier alpha value is -2.34. The van der Waals surface area contributed by atoms with Gasteiger partial charge in [-0.15, -0.1) is 11.8 Å². The number of nitrogens with one attached hydrogen (secondary N) is 1. The molecule has 2 aromatic carbocycles. The summed E-state index contributed by atoms with van der Waals surface area (Å²) >= 11 is 1.94. The second kappa shape index (κ2) is 11.0. The van der Waals surface area contributed by atoms with Gasteiger partial charge in [-0.05, 0) is 49.4 Å². The van der Waals surface area contributed by atoms with Crippen LogP contribution in [0.3, 0.4) is 0 Å². The number of hydrogen-bond donors (Lipinski definition) is 2. The molecule has 1 aliphatic heterocycles. The van der Waals surface area contributed by atoms with Crippen molar-refractivity contribution in [3.63, 3.8) is 0 Å². The Balaban J connectivity index is 1.54. The molecule has 0 saturated carbocycles. The van der Waals surface area contributed by atoms with E-state index in [1.165, 1.54) is 11.3 Å². The Bertz CT molecular complexity index is 798. The number of hydrogen-bond acceptors (Lipinski definition) is 4. The van der Waals surface area contributed by atoms with Crippen molar-refractivity contribution in [3.8, 4) is 11.5 Å². The van der Waals surface area contributed by atoms with Gasteiger partial charge in [0.05, 0.1) is 7.11 Å². The van der Waals surface area contributed by atoms with Crippen molar-refractivity contribution < 1.29 is 9.84 Å². The lowest BCUT2D eigenvalue weighted by molar-refractivity contribution is 0.370. The average Bonchev–Trinajstić information content (AvgIpc) is 3.22. The molecular formula is C23H31N3O2S. The van der Waals surface area contributed by atoms with Crippen LogP contribution in [0.4, 0.5) is 0 Å². The van der Waals surface area contributed by atoms with E-state index in [9.17, 15) is 5.11 Å². The van der Waals surface area contributed by atoms with E-state index < -0.39 is 0 Å². The van der Waals surface area contributed by atoms with Gasteiger partial charge in [-0.25, -0.2) is 0 Å². The summed E-state index contributed by atoms with van der Waals surface area (Å²) in [7, 11) is 1.57. The molecule has 2 aromatic rings. The highest BCUT2D eigenvalue weighted by Gasteiger charge is 2.24. The number of phenolic OH excluding ortho intramolecular Hbond substituents is 1. The van der Waals surface area contributed by atoms with Gasteiger partial charge in [-0.3, -0.25) is 4.99 Å². The number of methoxy groups -OCH3 is 1. The zero-order chi connectivity index (χ0) is 20.5. The molecule has 1 heterocycles. The molecule has 1 aliphatic rings. The first kappa shape index (κ1) is 21.4. The van der Waals surface area contributed by atoms with Gasteiger partial charge < -0.3 is 20.1 Å². The van der Waals surface area contributed by atoms with Gasteiger partial charge in [-0.1, -0.05) is 30.3 Å². The molecule has 156 valence electrons. The predicted molar refractivity (Wildman–Crippen MR) is 121 cm³/mol. The van der Waals surface area contributed by atoms with Crippen LogP contribution in [0.2, 0.25) is 0 Å². The summed E-state index contributed by atoms with van der Waals surface area (Å²) in [5.41, 5.74) is 0.863. The van der Waals surface area contributed by atoms with Crippen LogP contribution in [0.1, 0.15) is 18.9 Å². The third kappa shape index (κ3) is 6.07. The Morgan fingerprint density at radius 2 is 2.07 bits per heavy atom. The number of thioether (sulfide) groups is 1. The zero-order valence-corrected chi connectivity index (χ0v) is 18.1. The second-order valence-electron chi connectivity index (χ2n) is 7.18. The molecule has 5 nitrogen and oxygen atoms in total. The third-order valence-corrected chi connectivity index (χ3v) is 6.34. The highest BCUT2D eigenvalue weighted by molar-refractivity contribution is 7.99. The van der Waals surface area contributed by atoms with E-state index in [0.29, 0.717) is 24.6 Å². The number of likely N-dealkylation sites (tertiary alicyclic amines) is 1. The smallest absolute Gasteiger partial charge is 0.193 e. The maximum atomic E-state index is 10.3. The molecule has 1 saturated heterocycles. The molecule has 1 atom stereocenters. The predicted octanol–water partition coefficient (Wildman–Crippen LogP) is 4.02. The van der Waals surface area contributed by atoms with E-state index in [2.05, 4.69) is 47.5 Å². The summed E-state index contributed by atoms with van der Waals surface area (Å²) in [5, 5.41) is 13.7. The number of phenols is 1.